The molecule has 0 saturated carbocycles. The lowest BCUT2D eigenvalue weighted by Gasteiger charge is -1.93. The minimum absolute atomic E-state index is 0.125. The summed E-state index contributed by atoms with van der Waals surface area (Å²) in [6, 6.07) is 0. The van der Waals surface area contributed by atoms with E-state index in [0.717, 1.165) is 0 Å². The van der Waals surface area contributed by atoms with Gasteiger partial charge in [0.25, 0.3) is 0 Å². The van der Waals surface area contributed by atoms with Crippen LogP contribution >= 0.6 is 0 Å². The van der Waals surface area contributed by atoms with E-state index in [4.69, 9.17) is 0 Å². The molecular formula is C6H9NO2. The molecule has 0 rings (SSSR count). The molecule has 0 heterocycles. The van der Waals surface area contributed by atoms with E-state index in [1.54, 1.807) is 6.92 Å². The lowest BCUT2D eigenvalue weighted by Crippen LogP contribution is -2.00. The largest absolute Gasteiger partial charge is 0.464 e. The smallest absolute Gasteiger partial charge is 0.355 e. The van der Waals surface area contributed by atoms with E-state index in [1.165, 1.54) is 13.3 Å². The molecule has 9 heavy (non-hydrogen) atoms. The molecular weight excluding hydrogens is 118 g/mol. The van der Waals surface area contributed by atoms with Crippen LogP contribution in [0.4, 0.5) is 0 Å². The number of hydrogen-bond donors (Lipinski definition) is 0. The van der Waals surface area contributed by atoms with Gasteiger partial charge in [-0.3, -0.25) is 4.99 Å². The molecule has 3 nitrogen and oxygen atoms in total. The zero-order chi connectivity index (χ0) is 7.28. The van der Waals surface area contributed by atoms with Crippen molar-refractivity contribution in [3.63, 3.8) is 0 Å². The molecule has 0 aromatic heterocycles. The number of rotatable bonds is 2. The number of nitrogens with zero attached hydrogens (tertiary/aromatic N) is 1. The van der Waals surface area contributed by atoms with Crippen molar-refractivity contribution in [3.05, 3.63) is 12.3 Å². The number of hydrogen-bond acceptors (Lipinski definition) is 3. The van der Waals surface area contributed by atoms with Gasteiger partial charge in [-0.15, -0.1) is 0 Å². The summed E-state index contributed by atoms with van der Waals surface area (Å²) in [4.78, 5) is 14.1. The van der Waals surface area contributed by atoms with E-state index in [0.29, 0.717) is 0 Å². The van der Waals surface area contributed by atoms with Crippen LogP contribution in [0.2, 0.25) is 0 Å². The van der Waals surface area contributed by atoms with E-state index < -0.39 is 5.97 Å². The Labute approximate surface area is 54.0 Å². The average Bonchev–Trinajstić information content (AvgIpc) is 1.87. The minimum atomic E-state index is -0.492. The molecule has 0 aromatic carbocycles. The summed E-state index contributed by atoms with van der Waals surface area (Å²) < 4.78 is 4.31. The lowest BCUT2D eigenvalue weighted by molar-refractivity contribution is -0.136. The topological polar surface area (TPSA) is 38.7 Å². The zero-order valence-corrected chi connectivity index (χ0v) is 5.55. The minimum Gasteiger partial charge on any atom is -0.464 e. The molecule has 0 radical (unpaired) electrons. The molecule has 0 unspecified atom stereocenters. The Balaban J connectivity index is 3.89. The van der Waals surface area contributed by atoms with Crippen LogP contribution in [0.3, 0.4) is 0 Å². The fourth-order valence-electron chi connectivity index (χ4n) is 0.326. The van der Waals surface area contributed by atoms with Gasteiger partial charge in [-0.1, -0.05) is 6.58 Å². The molecule has 0 fully saturated rings. The summed E-state index contributed by atoms with van der Waals surface area (Å²) in [7, 11) is 1.29. The molecule has 0 aliphatic carbocycles. The van der Waals surface area contributed by atoms with Crippen molar-refractivity contribution in [2.45, 2.75) is 6.92 Å². The van der Waals surface area contributed by atoms with Gasteiger partial charge in [0.15, 0.2) is 0 Å². The van der Waals surface area contributed by atoms with Gasteiger partial charge in [-0.25, -0.2) is 4.79 Å². The number of methoxy groups -OCH3 is 1. The van der Waals surface area contributed by atoms with Crippen LogP contribution in [-0.4, -0.2) is 19.3 Å². The second kappa shape index (κ2) is 3.83. The highest BCUT2D eigenvalue weighted by molar-refractivity contribution is 5.88. The molecule has 0 amide bonds. The third-order valence-electron chi connectivity index (χ3n) is 0.706. The van der Waals surface area contributed by atoms with Crippen molar-refractivity contribution in [1.82, 2.24) is 0 Å². The van der Waals surface area contributed by atoms with Gasteiger partial charge in [-0.05, 0) is 6.92 Å². The summed E-state index contributed by atoms with van der Waals surface area (Å²) in [5, 5.41) is 0. The SMILES string of the molecule is C=C(N=CC)C(=O)OC. The predicted octanol–water partition coefficient (Wildman–Crippen LogP) is 0.764. The van der Waals surface area contributed by atoms with Crippen molar-refractivity contribution in [2.75, 3.05) is 7.11 Å². The van der Waals surface area contributed by atoms with Gasteiger partial charge >= 0.3 is 5.97 Å². The third-order valence-corrected chi connectivity index (χ3v) is 0.706. The first-order chi connectivity index (χ1) is 4.22. The number of aliphatic imine (C=N–C) groups is 1. The van der Waals surface area contributed by atoms with Crippen molar-refractivity contribution >= 4 is 12.2 Å². The Hall–Kier alpha value is -1.12. The van der Waals surface area contributed by atoms with Gasteiger partial charge in [0.1, 0.15) is 5.70 Å². The van der Waals surface area contributed by atoms with E-state index in [2.05, 4.69) is 16.3 Å². The van der Waals surface area contributed by atoms with Crippen LogP contribution in [-0.2, 0) is 9.53 Å². The van der Waals surface area contributed by atoms with Crippen LogP contribution in [0.15, 0.2) is 17.3 Å². The fourth-order valence-corrected chi connectivity index (χ4v) is 0.326. The molecule has 3 heteroatoms. The lowest BCUT2D eigenvalue weighted by atomic mass is 10.5. The first-order valence-corrected chi connectivity index (χ1v) is 2.48. The van der Waals surface area contributed by atoms with E-state index in [-0.39, 0.29) is 5.70 Å². The van der Waals surface area contributed by atoms with Gasteiger partial charge in [0.05, 0.1) is 7.11 Å². The summed E-state index contributed by atoms with van der Waals surface area (Å²) in [6.45, 7) is 5.05. The van der Waals surface area contributed by atoms with Crippen LogP contribution in [0.25, 0.3) is 0 Å². The fraction of sp³-hybridized carbons (Fsp3) is 0.333. The monoisotopic (exact) mass is 127 g/mol. The number of esters is 1. The Morgan fingerprint density at radius 1 is 1.78 bits per heavy atom. The predicted molar refractivity (Wildman–Crippen MR) is 35.3 cm³/mol. The van der Waals surface area contributed by atoms with E-state index in [1.807, 2.05) is 0 Å². The molecule has 0 N–H and O–H groups in total. The Bertz CT molecular complexity index is 149. The van der Waals surface area contributed by atoms with Crippen molar-refractivity contribution < 1.29 is 9.53 Å². The second-order valence-corrected chi connectivity index (χ2v) is 1.33. The third kappa shape index (κ3) is 2.64. The average molecular weight is 127 g/mol. The first kappa shape index (κ1) is 7.88. The molecule has 0 saturated heterocycles. The van der Waals surface area contributed by atoms with Crippen LogP contribution in [0.1, 0.15) is 6.92 Å². The van der Waals surface area contributed by atoms with Gasteiger partial charge in [-0.2, -0.15) is 0 Å². The molecule has 0 atom stereocenters. The normalized spacial score (nSPS) is 9.56. The summed E-state index contributed by atoms with van der Waals surface area (Å²) in [6.07, 6.45) is 1.49. The highest BCUT2D eigenvalue weighted by atomic mass is 16.5. The second-order valence-electron chi connectivity index (χ2n) is 1.33. The molecule has 0 spiro atoms. The van der Waals surface area contributed by atoms with E-state index >= 15 is 0 Å². The van der Waals surface area contributed by atoms with Crippen LogP contribution < -0.4 is 0 Å². The summed E-state index contributed by atoms with van der Waals surface area (Å²) >= 11 is 0. The van der Waals surface area contributed by atoms with Crippen LogP contribution in [0.5, 0.6) is 0 Å². The van der Waals surface area contributed by atoms with Crippen LogP contribution in [0, 0.1) is 0 Å². The summed E-state index contributed by atoms with van der Waals surface area (Å²) in [5.41, 5.74) is 0.125. The van der Waals surface area contributed by atoms with Crippen molar-refractivity contribution in [1.29, 1.82) is 0 Å². The standard InChI is InChI=1S/C6H9NO2/c1-4-7-5(2)6(8)9-3/h4H,2H2,1,3H3. The molecule has 0 aliphatic heterocycles. The maximum atomic E-state index is 10.5. The molecule has 0 aromatic rings. The highest BCUT2D eigenvalue weighted by Gasteiger charge is 2.00. The molecule has 0 aliphatic rings. The quantitative estimate of drug-likeness (QED) is 0.312. The number of carbonyl (C=O) groups excluding carboxylic acids is 1. The van der Waals surface area contributed by atoms with Gasteiger partial charge in [0.2, 0.25) is 0 Å². The number of ether oxygens (including phenoxy) is 1. The maximum absolute atomic E-state index is 10.5. The number of carbonyl (C=O) groups is 1. The Kier molecular flexibility index (Phi) is 3.35. The van der Waals surface area contributed by atoms with Crippen molar-refractivity contribution in [3.8, 4) is 0 Å². The van der Waals surface area contributed by atoms with Gasteiger partial charge < -0.3 is 4.74 Å². The van der Waals surface area contributed by atoms with E-state index in [9.17, 15) is 4.79 Å². The molecule has 0 bridgehead atoms. The maximum Gasteiger partial charge on any atom is 0.355 e. The summed E-state index contributed by atoms with van der Waals surface area (Å²) in [5.74, 6) is -0.492. The molecule has 50 valence electrons. The van der Waals surface area contributed by atoms with Gasteiger partial charge in [0, 0.05) is 6.21 Å². The van der Waals surface area contributed by atoms with Crippen molar-refractivity contribution in [2.24, 2.45) is 4.99 Å². The Morgan fingerprint density at radius 2 is 2.33 bits per heavy atom. The Morgan fingerprint density at radius 3 is 2.67 bits per heavy atom. The first-order valence-electron chi connectivity index (χ1n) is 2.48. The highest BCUT2D eigenvalue weighted by Crippen LogP contribution is 1.92. The zero-order valence-electron chi connectivity index (χ0n) is 5.55.